The fourth-order valence-corrected chi connectivity index (χ4v) is 2.06. The Morgan fingerprint density at radius 1 is 1.40 bits per heavy atom. The molecule has 6 nitrogen and oxygen atoms in total. The summed E-state index contributed by atoms with van der Waals surface area (Å²) >= 11 is 0. The van der Waals surface area contributed by atoms with Gasteiger partial charge in [0.05, 0.1) is 5.39 Å². The molecule has 80 valence electrons. The van der Waals surface area contributed by atoms with Gasteiger partial charge in [-0.15, -0.1) is 0 Å². The first-order chi connectivity index (χ1) is 7.15. The minimum Gasteiger partial charge on any atom is -0.355 e. The molecule has 1 N–H and O–H groups in total. The first-order valence-corrected chi connectivity index (χ1v) is 5.50. The van der Waals surface area contributed by atoms with Crippen molar-refractivity contribution in [1.82, 2.24) is 10.6 Å². The molecular weight excluding hydrogens is 220 g/mol. The van der Waals surface area contributed by atoms with Crippen molar-refractivity contribution < 1.29 is 17.2 Å². The van der Waals surface area contributed by atoms with Crippen LogP contribution in [0.2, 0.25) is 0 Å². The maximum Gasteiger partial charge on any atom is 0.334 e. The Morgan fingerprint density at radius 3 is 2.87 bits per heavy atom. The van der Waals surface area contributed by atoms with E-state index in [1.54, 1.807) is 24.3 Å². The van der Waals surface area contributed by atoms with Crippen molar-refractivity contribution >= 4 is 21.1 Å². The second-order valence-electron chi connectivity index (χ2n) is 2.73. The minimum absolute atomic E-state index is 0.229. The van der Waals surface area contributed by atoms with Gasteiger partial charge in [0.2, 0.25) is 5.03 Å². The predicted molar refractivity (Wildman–Crippen MR) is 51.3 cm³/mol. The summed E-state index contributed by atoms with van der Waals surface area (Å²) < 4.78 is 32.2. The average molecular weight is 228 g/mol. The quantitative estimate of drug-likeness (QED) is 0.777. The zero-order valence-corrected chi connectivity index (χ0v) is 8.61. The molecule has 2 aromatic rings. The molecule has 0 spiro atoms. The zero-order valence-electron chi connectivity index (χ0n) is 7.80. The van der Waals surface area contributed by atoms with Crippen molar-refractivity contribution in [3.63, 3.8) is 0 Å². The van der Waals surface area contributed by atoms with Gasteiger partial charge in [-0.05, 0) is 12.1 Å². The van der Waals surface area contributed by atoms with Crippen LogP contribution in [-0.2, 0) is 14.4 Å². The van der Waals surface area contributed by atoms with Crippen molar-refractivity contribution in [2.45, 2.75) is 5.03 Å². The van der Waals surface area contributed by atoms with Crippen molar-refractivity contribution in [2.75, 3.05) is 7.05 Å². The van der Waals surface area contributed by atoms with Gasteiger partial charge in [0.1, 0.15) is 0 Å². The number of hydrogen-bond acceptors (Lipinski definition) is 6. The maximum atomic E-state index is 11.5. The van der Waals surface area contributed by atoms with Crippen LogP contribution in [0.5, 0.6) is 0 Å². The number of fused-ring (bicyclic) bond motifs is 1. The molecule has 0 unspecified atom stereocenters. The molecule has 0 fully saturated rings. The van der Waals surface area contributed by atoms with Gasteiger partial charge in [-0.2, -0.15) is 18.2 Å². The van der Waals surface area contributed by atoms with Crippen molar-refractivity contribution in [1.29, 1.82) is 0 Å². The SMILES string of the molecule is CNOS(=O)(=O)c1noc2ccccc12. The number of benzene rings is 1. The van der Waals surface area contributed by atoms with E-state index in [9.17, 15) is 8.42 Å². The molecule has 0 aliphatic heterocycles. The maximum absolute atomic E-state index is 11.5. The number of rotatable bonds is 3. The second kappa shape index (κ2) is 3.61. The molecule has 2 rings (SSSR count). The zero-order chi connectivity index (χ0) is 10.9. The van der Waals surface area contributed by atoms with E-state index in [0.717, 1.165) is 0 Å². The second-order valence-corrected chi connectivity index (χ2v) is 4.19. The third kappa shape index (κ3) is 1.72. The molecular formula is C8H8N2O4S. The van der Waals surface area contributed by atoms with Crippen LogP contribution in [0.3, 0.4) is 0 Å². The molecule has 0 aliphatic rings. The highest BCUT2D eigenvalue weighted by Crippen LogP contribution is 2.22. The lowest BCUT2D eigenvalue weighted by molar-refractivity contribution is 0.229. The summed E-state index contributed by atoms with van der Waals surface area (Å²) in [5.41, 5.74) is 2.49. The van der Waals surface area contributed by atoms with E-state index >= 15 is 0 Å². The van der Waals surface area contributed by atoms with Crippen LogP contribution in [0.25, 0.3) is 11.0 Å². The standard InChI is InChI=1S/C8H8N2O4S/c1-9-14-15(11,12)8-6-4-2-3-5-7(6)13-10-8/h2-5,9H,1H3. The van der Waals surface area contributed by atoms with E-state index in [4.69, 9.17) is 4.52 Å². The Kier molecular flexibility index (Phi) is 2.43. The summed E-state index contributed by atoms with van der Waals surface area (Å²) in [6, 6.07) is 6.64. The Hall–Kier alpha value is -1.44. The van der Waals surface area contributed by atoms with Crippen molar-refractivity contribution in [2.24, 2.45) is 0 Å². The monoisotopic (exact) mass is 228 g/mol. The summed E-state index contributed by atoms with van der Waals surface area (Å²) in [5.74, 6) is 0. The molecule has 15 heavy (non-hydrogen) atoms. The van der Waals surface area contributed by atoms with Crippen LogP contribution < -0.4 is 5.48 Å². The third-order valence-corrected chi connectivity index (χ3v) is 2.93. The van der Waals surface area contributed by atoms with Gasteiger partial charge in [-0.3, -0.25) is 0 Å². The van der Waals surface area contributed by atoms with Crippen LogP contribution in [-0.4, -0.2) is 20.6 Å². The molecule has 0 radical (unpaired) electrons. The topological polar surface area (TPSA) is 81.4 Å². The van der Waals surface area contributed by atoms with Crippen LogP contribution in [0, 0.1) is 0 Å². The largest absolute Gasteiger partial charge is 0.355 e. The number of nitrogens with zero attached hydrogens (tertiary/aromatic N) is 1. The van der Waals surface area contributed by atoms with Gasteiger partial charge < -0.3 is 4.52 Å². The summed E-state index contributed by atoms with van der Waals surface area (Å²) in [6.07, 6.45) is 0. The summed E-state index contributed by atoms with van der Waals surface area (Å²) in [7, 11) is -2.56. The first-order valence-electron chi connectivity index (χ1n) is 4.10. The molecule has 0 saturated heterocycles. The van der Waals surface area contributed by atoms with Gasteiger partial charge in [-0.1, -0.05) is 17.3 Å². The Balaban J connectivity index is 2.63. The molecule has 7 heteroatoms. The fraction of sp³-hybridized carbons (Fsp3) is 0.125. The van der Waals surface area contributed by atoms with Gasteiger partial charge in [0.15, 0.2) is 5.58 Å². The van der Waals surface area contributed by atoms with E-state index < -0.39 is 10.1 Å². The Bertz CT molecular complexity index is 575. The lowest BCUT2D eigenvalue weighted by atomic mass is 10.3. The molecule has 0 saturated carbocycles. The molecule has 1 heterocycles. The van der Waals surface area contributed by atoms with Crippen LogP contribution in [0.1, 0.15) is 0 Å². The predicted octanol–water partition coefficient (Wildman–Crippen LogP) is 0.667. The Morgan fingerprint density at radius 2 is 2.13 bits per heavy atom. The van der Waals surface area contributed by atoms with Gasteiger partial charge in [-0.25, -0.2) is 0 Å². The van der Waals surface area contributed by atoms with Gasteiger partial charge >= 0.3 is 10.1 Å². The van der Waals surface area contributed by atoms with E-state index in [2.05, 4.69) is 14.9 Å². The van der Waals surface area contributed by atoms with Crippen molar-refractivity contribution in [3.05, 3.63) is 24.3 Å². The summed E-state index contributed by atoms with van der Waals surface area (Å²) in [6.45, 7) is 0. The van der Waals surface area contributed by atoms with E-state index in [1.165, 1.54) is 7.05 Å². The van der Waals surface area contributed by atoms with Crippen LogP contribution in [0.4, 0.5) is 0 Å². The highest BCUT2D eigenvalue weighted by molar-refractivity contribution is 7.86. The van der Waals surface area contributed by atoms with Crippen LogP contribution in [0.15, 0.2) is 33.8 Å². The number of para-hydroxylation sites is 1. The lowest BCUT2D eigenvalue weighted by Gasteiger charge is -1.98. The van der Waals surface area contributed by atoms with Gasteiger partial charge in [0.25, 0.3) is 0 Å². The Labute approximate surface area is 85.9 Å². The highest BCUT2D eigenvalue weighted by Gasteiger charge is 2.23. The van der Waals surface area contributed by atoms with Crippen LogP contribution >= 0.6 is 0 Å². The molecule has 1 aromatic heterocycles. The lowest BCUT2D eigenvalue weighted by Crippen LogP contribution is -2.16. The van der Waals surface area contributed by atoms with E-state index in [-0.39, 0.29) is 5.03 Å². The fourth-order valence-electron chi connectivity index (χ4n) is 1.19. The summed E-state index contributed by atoms with van der Waals surface area (Å²) in [5, 5.41) is 3.62. The summed E-state index contributed by atoms with van der Waals surface area (Å²) in [4.78, 5) is 0. The van der Waals surface area contributed by atoms with Gasteiger partial charge in [0, 0.05) is 7.05 Å². The molecule has 0 amide bonds. The number of nitrogens with one attached hydrogen (secondary N) is 1. The van der Waals surface area contributed by atoms with E-state index in [0.29, 0.717) is 11.0 Å². The average Bonchev–Trinajstić information content (AvgIpc) is 2.61. The minimum atomic E-state index is -3.91. The smallest absolute Gasteiger partial charge is 0.334 e. The number of hydrogen-bond donors (Lipinski definition) is 1. The van der Waals surface area contributed by atoms with E-state index in [1.807, 2.05) is 0 Å². The molecule has 0 atom stereocenters. The van der Waals surface area contributed by atoms with Crippen molar-refractivity contribution in [3.8, 4) is 0 Å². The molecule has 0 aliphatic carbocycles. The molecule has 0 bridgehead atoms. The molecule has 1 aromatic carbocycles. The highest BCUT2D eigenvalue weighted by atomic mass is 32.2. The third-order valence-electron chi connectivity index (χ3n) is 1.77. The normalized spacial score (nSPS) is 12.1. The first kappa shape index (κ1) is 10.1. The number of aromatic nitrogens is 1. The number of hydroxylamine groups is 1.